The van der Waals surface area contributed by atoms with Gasteiger partial charge in [0.25, 0.3) is 0 Å². The third-order valence-corrected chi connectivity index (χ3v) is 12.0. The van der Waals surface area contributed by atoms with E-state index in [0.29, 0.717) is 0 Å². The average Bonchev–Trinajstić information content (AvgIpc) is 3.63. The molecule has 0 saturated heterocycles. The Morgan fingerprint density at radius 1 is 0.371 bits per heavy atom. The standard InChI is InChI=1S/C57H37N5/c1-5-22-51-39(14-1)28-31-52(60-51)41-16-13-15-40(34-41)38-26-29-44(30-27-38)61-53-23-6-2-17-46(53)56-47-18-3-7-24-54(47)62(57(56)48-19-4-8-25-55(48)61)45-36-42(49-20-9-11-32-58-49)35-43(37-45)50-21-10-12-33-59-50/h1-37H. The van der Waals surface area contributed by atoms with Gasteiger partial charge in [0.2, 0.25) is 0 Å². The lowest BCUT2D eigenvalue weighted by atomic mass is 9.98. The average molecular weight is 792 g/mol. The van der Waals surface area contributed by atoms with Crippen LogP contribution in [0, 0.1) is 0 Å². The van der Waals surface area contributed by atoms with Gasteiger partial charge < -0.3 is 9.47 Å². The predicted molar refractivity (Wildman–Crippen MR) is 255 cm³/mol. The van der Waals surface area contributed by atoms with E-state index in [9.17, 15) is 0 Å². The number of hydrogen-bond donors (Lipinski definition) is 0. The number of pyridine rings is 3. The molecule has 0 amide bonds. The summed E-state index contributed by atoms with van der Waals surface area (Å²) < 4.78 is 2.45. The maximum atomic E-state index is 4.99. The number of aromatic nitrogens is 4. The van der Waals surface area contributed by atoms with E-state index in [-0.39, 0.29) is 0 Å². The molecule has 7 aromatic carbocycles. The minimum Gasteiger partial charge on any atom is -0.309 e. The van der Waals surface area contributed by atoms with E-state index in [2.05, 4.69) is 191 Å². The lowest BCUT2D eigenvalue weighted by Crippen LogP contribution is -2.11. The molecule has 0 saturated carbocycles. The fraction of sp³-hybridized carbons (Fsp3) is 0. The lowest BCUT2D eigenvalue weighted by Gasteiger charge is -2.27. The number of hydrogen-bond acceptors (Lipinski definition) is 4. The monoisotopic (exact) mass is 791 g/mol. The van der Waals surface area contributed by atoms with E-state index in [1.807, 2.05) is 42.7 Å². The topological polar surface area (TPSA) is 46.8 Å². The van der Waals surface area contributed by atoms with Gasteiger partial charge in [0, 0.05) is 67.9 Å². The highest BCUT2D eigenvalue weighted by molar-refractivity contribution is 6.13. The Kier molecular flexibility index (Phi) is 8.42. The Morgan fingerprint density at radius 2 is 1.00 bits per heavy atom. The van der Waals surface area contributed by atoms with Gasteiger partial charge in [-0.15, -0.1) is 0 Å². The van der Waals surface area contributed by atoms with Gasteiger partial charge in [-0.25, -0.2) is 4.98 Å². The van der Waals surface area contributed by atoms with Gasteiger partial charge in [0.1, 0.15) is 0 Å². The van der Waals surface area contributed by atoms with Gasteiger partial charge >= 0.3 is 0 Å². The van der Waals surface area contributed by atoms with Crippen molar-refractivity contribution in [3.63, 3.8) is 0 Å². The molecule has 0 spiro atoms. The molecule has 62 heavy (non-hydrogen) atoms. The van der Waals surface area contributed by atoms with Crippen LogP contribution in [0.25, 0.3) is 94.8 Å². The van der Waals surface area contributed by atoms with E-state index in [1.54, 1.807) is 0 Å². The summed E-state index contributed by atoms with van der Waals surface area (Å²) >= 11 is 0. The molecule has 0 N–H and O–H groups in total. The Balaban J connectivity index is 1.03. The van der Waals surface area contributed by atoms with Gasteiger partial charge in [-0.2, -0.15) is 0 Å². The second-order valence-corrected chi connectivity index (χ2v) is 15.7. The van der Waals surface area contributed by atoms with Crippen molar-refractivity contribution in [2.45, 2.75) is 0 Å². The molecular formula is C57H37N5. The van der Waals surface area contributed by atoms with Crippen molar-refractivity contribution in [3.8, 4) is 73.0 Å². The minimum absolute atomic E-state index is 0.909. The third-order valence-electron chi connectivity index (χ3n) is 12.0. The molecule has 5 nitrogen and oxygen atoms in total. The van der Waals surface area contributed by atoms with Crippen LogP contribution in [0.15, 0.2) is 225 Å². The summed E-state index contributed by atoms with van der Waals surface area (Å²) in [6, 6.07) is 75.5. The molecule has 1 aliphatic rings. The van der Waals surface area contributed by atoms with Crippen molar-refractivity contribution in [2.75, 3.05) is 4.90 Å². The Morgan fingerprint density at radius 3 is 1.76 bits per heavy atom. The van der Waals surface area contributed by atoms with Crippen LogP contribution in [0.4, 0.5) is 17.1 Å². The summed E-state index contributed by atoms with van der Waals surface area (Å²) in [6.45, 7) is 0. The highest BCUT2D eigenvalue weighted by Gasteiger charge is 2.31. The van der Waals surface area contributed by atoms with Gasteiger partial charge in [-0.3, -0.25) is 9.97 Å². The lowest BCUT2D eigenvalue weighted by molar-refractivity contribution is 1.13. The van der Waals surface area contributed by atoms with Crippen LogP contribution in [0.3, 0.4) is 0 Å². The van der Waals surface area contributed by atoms with E-state index in [4.69, 9.17) is 15.0 Å². The molecule has 1 aliphatic heterocycles. The van der Waals surface area contributed by atoms with Crippen molar-refractivity contribution in [1.29, 1.82) is 0 Å². The molecule has 11 aromatic rings. The summed E-state index contributed by atoms with van der Waals surface area (Å²) in [7, 11) is 0. The third kappa shape index (κ3) is 5.98. The first kappa shape index (κ1) is 35.5. The molecule has 290 valence electrons. The molecule has 5 heteroatoms. The van der Waals surface area contributed by atoms with E-state index in [1.165, 1.54) is 16.5 Å². The van der Waals surface area contributed by atoms with Crippen molar-refractivity contribution >= 4 is 38.9 Å². The van der Waals surface area contributed by atoms with Crippen molar-refractivity contribution in [1.82, 2.24) is 19.5 Å². The number of rotatable bonds is 6. The number of benzene rings is 7. The summed E-state index contributed by atoms with van der Waals surface area (Å²) in [5.41, 5.74) is 19.3. The molecule has 0 bridgehead atoms. The van der Waals surface area contributed by atoms with Gasteiger partial charge in [0.15, 0.2) is 0 Å². The largest absolute Gasteiger partial charge is 0.309 e. The predicted octanol–water partition coefficient (Wildman–Crippen LogP) is 14.8. The minimum atomic E-state index is 0.909. The van der Waals surface area contributed by atoms with Crippen LogP contribution in [0.2, 0.25) is 0 Å². The van der Waals surface area contributed by atoms with Crippen LogP contribution >= 0.6 is 0 Å². The van der Waals surface area contributed by atoms with Gasteiger partial charge in [-0.1, -0.05) is 121 Å². The summed E-state index contributed by atoms with van der Waals surface area (Å²) in [4.78, 5) is 17.0. The molecule has 0 aliphatic carbocycles. The van der Waals surface area contributed by atoms with E-state index in [0.717, 1.165) is 95.3 Å². The molecular weight excluding hydrogens is 755 g/mol. The van der Waals surface area contributed by atoms with Crippen molar-refractivity contribution in [2.24, 2.45) is 0 Å². The maximum Gasteiger partial charge on any atom is 0.0709 e. The fourth-order valence-electron chi connectivity index (χ4n) is 9.18. The van der Waals surface area contributed by atoms with Gasteiger partial charge in [-0.05, 0) is 102 Å². The van der Waals surface area contributed by atoms with E-state index >= 15 is 0 Å². The number of para-hydroxylation sites is 4. The van der Waals surface area contributed by atoms with Crippen molar-refractivity contribution < 1.29 is 0 Å². The molecule has 0 unspecified atom stereocenters. The molecule has 0 atom stereocenters. The zero-order chi connectivity index (χ0) is 41.0. The van der Waals surface area contributed by atoms with Crippen LogP contribution in [0.5, 0.6) is 0 Å². The quantitative estimate of drug-likeness (QED) is 0.168. The number of nitrogens with zero attached hydrogens (tertiary/aromatic N) is 5. The first-order chi connectivity index (χ1) is 30.7. The second-order valence-electron chi connectivity index (χ2n) is 15.7. The molecule has 5 heterocycles. The van der Waals surface area contributed by atoms with Crippen LogP contribution in [-0.2, 0) is 0 Å². The normalized spacial score (nSPS) is 11.8. The second kappa shape index (κ2) is 14.7. The number of anilines is 3. The summed E-state index contributed by atoms with van der Waals surface area (Å²) in [6.07, 6.45) is 3.71. The molecule has 0 fully saturated rings. The number of fused-ring (bicyclic) bond motifs is 8. The fourth-order valence-corrected chi connectivity index (χ4v) is 9.18. The Bertz CT molecular complexity index is 3410. The molecule has 12 rings (SSSR count). The first-order valence-electron chi connectivity index (χ1n) is 20.9. The zero-order valence-corrected chi connectivity index (χ0v) is 33.6. The first-order valence-corrected chi connectivity index (χ1v) is 20.9. The molecule has 4 aromatic heterocycles. The van der Waals surface area contributed by atoms with Gasteiger partial charge in [0.05, 0.1) is 45.2 Å². The van der Waals surface area contributed by atoms with Crippen LogP contribution < -0.4 is 4.90 Å². The van der Waals surface area contributed by atoms with Crippen LogP contribution in [0.1, 0.15) is 0 Å². The van der Waals surface area contributed by atoms with Crippen LogP contribution in [-0.4, -0.2) is 19.5 Å². The smallest absolute Gasteiger partial charge is 0.0709 e. The summed E-state index contributed by atoms with van der Waals surface area (Å²) in [5, 5.41) is 2.33. The zero-order valence-electron chi connectivity index (χ0n) is 33.6. The molecule has 0 radical (unpaired) electrons. The maximum absolute atomic E-state index is 4.99. The summed E-state index contributed by atoms with van der Waals surface area (Å²) in [5.74, 6) is 0. The Labute approximate surface area is 359 Å². The highest BCUT2D eigenvalue weighted by atomic mass is 15.2. The Hall–Kier alpha value is -8.41. The highest BCUT2D eigenvalue weighted by Crippen LogP contribution is 2.54. The van der Waals surface area contributed by atoms with Crippen molar-refractivity contribution in [3.05, 3.63) is 225 Å². The van der Waals surface area contributed by atoms with E-state index < -0.39 is 0 Å². The SMILES string of the molecule is c1ccc(-c2cc(-c3ccccn3)cc(-n3c4c(c5ccccc53)-c3ccccc3N(c3ccc(-c5cccc(-c6ccc7ccccc7n6)c5)cc3)c3ccccc3-4)c2)nc1.